The molecule has 5 heavy (non-hydrogen) atoms. The van der Waals surface area contributed by atoms with E-state index in [0.29, 0.717) is 0 Å². The van der Waals surface area contributed by atoms with Crippen molar-refractivity contribution in [3.8, 4) is 0 Å². The van der Waals surface area contributed by atoms with Crippen molar-refractivity contribution in [2.24, 2.45) is 5.14 Å². The lowest BCUT2D eigenvalue weighted by molar-refractivity contribution is 0.603. The highest BCUT2D eigenvalue weighted by Gasteiger charge is 1.78. The van der Waals surface area contributed by atoms with Crippen LogP contribution in [-0.4, -0.2) is 14.7 Å². The molecule has 0 aromatic carbocycles. The zero-order valence-corrected chi connectivity index (χ0v) is 3.62. The van der Waals surface area contributed by atoms with Gasteiger partial charge in [-0.05, 0) is 0 Å². The van der Waals surface area contributed by atoms with E-state index >= 15 is 0 Å². The summed E-state index contributed by atoms with van der Waals surface area (Å²) >= 11 is 0. The van der Waals surface area contributed by atoms with Gasteiger partial charge in [-0.2, -0.15) is 0 Å². The maximum atomic E-state index is 9.41. The molecule has 0 rings (SSSR count). The highest BCUT2D eigenvalue weighted by Crippen LogP contribution is 1.52. The zero-order valence-electron chi connectivity index (χ0n) is 2.80. The first-order chi connectivity index (χ1) is 2.00. The van der Waals surface area contributed by atoms with Crippen molar-refractivity contribution in [3.63, 3.8) is 0 Å². The number of nitrogens with two attached hydrogens (primary N) is 1. The normalized spacial score (nSPS) is 11.6. The number of hydrogen-bond donors (Lipinski definition) is 1. The Balaban J connectivity index is 4.06. The summed E-state index contributed by atoms with van der Waals surface area (Å²) < 4.78 is 18.8. The molecule has 0 atom stereocenters. The highest BCUT2D eigenvalue weighted by molar-refractivity contribution is 7.88. The molecular formula is CH5NO2S. The van der Waals surface area contributed by atoms with Crippen LogP contribution in [0, 0.1) is 0 Å². The second-order valence-electron chi connectivity index (χ2n) is 0.830. The minimum absolute atomic E-state index is 0.938. The molecular weight excluding hydrogens is 92.1 g/mol. The summed E-state index contributed by atoms with van der Waals surface area (Å²) in [5, 5.41) is 4.33. The van der Waals surface area contributed by atoms with Crippen molar-refractivity contribution < 1.29 is 8.42 Å². The fraction of sp³-hybridized carbons (Fsp3) is 1.00. The summed E-state index contributed by atoms with van der Waals surface area (Å²) in [6.45, 7) is 0. The Bertz CT molecular complexity index is 92.8. The number of sulfonamides is 1. The van der Waals surface area contributed by atoms with Crippen LogP contribution in [0.3, 0.4) is 0 Å². The average molecular weight is 97.1 g/mol. The van der Waals surface area contributed by atoms with Gasteiger partial charge in [-0.1, -0.05) is 0 Å². The Labute approximate surface area is 30.8 Å². The van der Waals surface area contributed by atoms with Crippen molar-refractivity contribution in [3.05, 3.63) is 0 Å². The third-order valence-corrected chi connectivity index (χ3v) is 0. The van der Waals surface area contributed by atoms with Gasteiger partial charge in [-0.15, -0.1) is 0 Å². The first-order valence-corrected chi connectivity index (χ1v) is 2.93. The number of rotatable bonds is 0. The molecule has 0 aromatic rings. The second-order valence-corrected chi connectivity index (χ2v) is 2.49. The van der Waals surface area contributed by atoms with E-state index in [1.165, 1.54) is 0 Å². The molecule has 0 radical (unpaired) electrons. The maximum absolute atomic E-state index is 9.41. The second kappa shape index (κ2) is 0.948. The molecule has 0 amide bonds. The van der Waals surface area contributed by atoms with E-state index in [4.69, 9.17) is 0 Å². The molecule has 0 saturated carbocycles. The molecule has 0 saturated heterocycles. The van der Waals surface area contributed by atoms with E-state index < -0.39 is 10.0 Å². The first-order valence-electron chi connectivity index (χ1n) is 0.977. The monoisotopic (exact) mass is 97.0 g/mol. The molecule has 0 spiro atoms. The number of primary sulfonamides is 1. The Morgan fingerprint density at radius 2 is 1.60 bits per heavy atom. The summed E-state index contributed by atoms with van der Waals surface area (Å²) in [4.78, 5) is 0. The van der Waals surface area contributed by atoms with Crippen LogP contribution in [0.15, 0.2) is 0 Å². The molecule has 3 nitrogen and oxygen atoms in total. The van der Waals surface area contributed by atoms with Gasteiger partial charge in [0.15, 0.2) is 0 Å². The van der Waals surface area contributed by atoms with Gasteiger partial charge in [0.1, 0.15) is 0 Å². The predicted octanol–water partition coefficient (Wildman–Crippen LogP) is -1.10. The summed E-state index contributed by atoms with van der Waals surface area (Å²) in [7, 11) is -3.17. The van der Waals surface area contributed by atoms with E-state index in [1.54, 1.807) is 0 Å². The van der Waals surface area contributed by atoms with Crippen LogP contribution in [0.1, 0.15) is 0 Å². The quantitative estimate of drug-likeness (QED) is 0.417. The van der Waals surface area contributed by atoms with Crippen LogP contribution in [0.25, 0.3) is 0 Å². The predicted molar refractivity (Wildman–Crippen MR) is 19.0 cm³/mol. The van der Waals surface area contributed by atoms with E-state index in [2.05, 4.69) is 5.14 Å². The lowest BCUT2D eigenvalue weighted by Gasteiger charge is -1.71. The van der Waals surface area contributed by atoms with Gasteiger partial charge in [-0.25, -0.2) is 13.6 Å². The molecule has 4 heteroatoms. The van der Waals surface area contributed by atoms with Crippen LogP contribution < -0.4 is 5.14 Å². The maximum Gasteiger partial charge on any atom is 0.206 e. The summed E-state index contributed by atoms with van der Waals surface area (Å²) in [6.07, 6.45) is 0.938. The molecule has 0 fully saturated rings. The van der Waals surface area contributed by atoms with Crippen LogP contribution in [0.5, 0.6) is 0 Å². The van der Waals surface area contributed by atoms with E-state index in [9.17, 15) is 8.42 Å². The molecule has 32 valence electrons. The van der Waals surface area contributed by atoms with Crippen molar-refractivity contribution in [2.75, 3.05) is 6.26 Å². The molecule has 0 aliphatic rings. The lowest BCUT2D eigenvalue weighted by atomic mass is 13.9. The fourth-order valence-corrected chi connectivity index (χ4v) is 0. The minimum Gasteiger partial charge on any atom is -0.229 e. The molecule has 0 aliphatic heterocycles. The van der Waals surface area contributed by atoms with Gasteiger partial charge in [0.2, 0.25) is 10.0 Å². The molecule has 0 aromatic heterocycles. The SMILES string of the molecule is [14CH3]S(N)(=O)=O. The molecule has 0 heterocycles. The third kappa shape index (κ3) is 1760. The minimum atomic E-state index is -3.17. The van der Waals surface area contributed by atoms with Crippen LogP contribution >= 0.6 is 0 Å². The van der Waals surface area contributed by atoms with Gasteiger partial charge < -0.3 is 0 Å². The number of hydrogen-bond acceptors (Lipinski definition) is 2. The standard InChI is InChI=1S/CH5NO2S/c1-5(2,3)4/h1H3,(H2,2,3,4)/i1+2. The Morgan fingerprint density at radius 1 is 1.60 bits per heavy atom. The summed E-state index contributed by atoms with van der Waals surface area (Å²) in [5.74, 6) is 0. The highest BCUT2D eigenvalue weighted by atomic mass is 32.2. The molecule has 2 N–H and O–H groups in total. The van der Waals surface area contributed by atoms with Gasteiger partial charge in [0, 0.05) is 0 Å². The molecule has 0 unspecified atom stereocenters. The van der Waals surface area contributed by atoms with Crippen LogP contribution in [-0.2, 0) is 10.0 Å². The summed E-state index contributed by atoms with van der Waals surface area (Å²) in [5.41, 5.74) is 0. The Kier molecular flexibility index (Phi) is 0.931. The zero-order chi connectivity index (χ0) is 4.50. The van der Waals surface area contributed by atoms with Crippen LogP contribution in [0.2, 0.25) is 0 Å². The molecule has 0 bridgehead atoms. The van der Waals surface area contributed by atoms with Gasteiger partial charge in [-0.3, -0.25) is 0 Å². The lowest BCUT2D eigenvalue weighted by Crippen LogP contribution is -2.07. The van der Waals surface area contributed by atoms with Crippen LogP contribution in [0.4, 0.5) is 0 Å². The van der Waals surface area contributed by atoms with Crippen molar-refractivity contribution >= 4 is 10.0 Å². The molecule has 0 aliphatic carbocycles. The Hall–Kier alpha value is -0.0900. The van der Waals surface area contributed by atoms with Crippen molar-refractivity contribution in [1.82, 2.24) is 0 Å². The topological polar surface area (TPSA) is 60.2 Å². The van der Waals surface area contributed by atoms with Gasteiger partial charge in [0.05, 0.1) is 6.26 Å². The van der Waals surface area contributed by atoms with Gasteiger partial charge in [0.25, 0.3) is 0 Å². The van der Waals surface area contributed by atoms with Crippen molar-refractivity contribution in [1.29, 1.82) is 0 Å². The Morgan fingerprint density at radius 3 is 1.60 bits per heavy atom. The third-order valence-electron chi connectivity index (χ3n) is 0. The summed E-state index contributed by atoms with van der Waals surface area (Å²) in [6, 6.07) is 0. The van der Waals surface area contributed by atoms with E-state index in [0.717, 1.165) is 6.26 Å². The largest absolute Gasteiger partial charge is 0.229 e. The fourth-order valence-electron chi connectivity index (χ4n) is 0. The first kappa shape index (κ1) is 4.91. The van der Waals surface area contributed by atoms with Crippen molar-refractivity contribution in [2.45, 2.75) is 0 Å². The van der Waals surface area contributed by atoms with E-state index in [1.807, 2.05) is 0 Å². The smallest absolute Gasteiger partial charge is 0.206 e. The van der Waals surface area contributed by atoms with E-state index in [-0.39, 0.29) is 0 Å². The van der Waals surface area contributed by atoms with Gasteiger partial charge >= 0.3 is 0 Å². The average Bonchev–Trinajstić information content (AvgIpc) is 0.722.